The number of aliphatic hydroxyl groups excluding tert-OH is 1. The van der Waals surface area contributed by atoms with Crippen LogP contribution in [0.5, 0.6) is 0 Å². The minimum absolute atomic E-state index is 0.368. The second kappa shape index (κ2) is 7.24. The Morgan fingerprint density at radius 3 is 2.64 bits per heavy atom. The smallest absolute Gasteiger partial charge is 0.338 e. The van der Waals surface area contributed by atoms with Gasteiger partial charge < -0.3 is 19.3 Å². The van der Waals surface area contributed by atoms with Gasteiger partial charge in [-0.3, -0.25) is 0 Å². The van der Waals surface area contributed by atoms with Gasteiger partial charge in [0.15, 0.2) is 18.4 Å². The van der Waals surface area contributed by atoms with Crippen LogP contribution in [0.3, 0.4) is 0 Å². The molecule has 0 unspecified atom stereocenters. The van der Waals surface area contributed by atoms with E-state index in [0.717, 1.165) is 0 Å². The highest BCUT2D eigenvalue weighted by Crippen LogP contribution is 2.27. The summed E-state index contributed by atoms with van der Waals surface area (Å²) in [5, 5.41) is 13.6. The van der Waals surface area contributed by atoms with E-state index in [1.54, 1.807) is 37.3 Å². The average Bonchev–Trinajstić information content (AvgIpc) is 2.52. The lowest BCUT2D eigenvalue weighted by Gasteiger charge is -2.38. The molecule has 0 spiro atoms. The molecule has 8 heteroatoms. The maximum Gasteiger partial charge on any atom is 0.338 e. The van der Waals surface area contributed by atoms with Crippen LogP contribution in [0.4, 0.5) is 0 Å². The summed E-state index contributed by atoms with van der Waals surface area (Å²) < 4.78 is 15.9. The number of carbonyl (C=O) groups excluding carboxylic acids is 1. The normalized spacial score (nSPS) is 31.1. The fraction of sp³-hybridized carbons (Fsp3) is 0.500. The van der Waals surface area contributed by atoms with Crippen LogP contribution >= 0.6 is 0 Å². The Bertz CT molecular complexity index is 561. The molecule has 1 saturated heterocycles. The zero-order valence-corrected chi connectivity index (χ0v) is 12.2. The molecule has 1 aromatic carbocycles. The molecule has 0 bridgehead atoms. The van der Waals surface area contributed by atoms with Crippen LogP contribution in [0.15, 0.2) is 35.4 Å². The van der Waals surface area contributed by atoms with Crippen molar-refractivity contribution in [2.24, 2.45) is 5.11 Å². The molecule has 0 radical (unpaired) electrons. The van der Waals surface area contributed by atoms with E-state index in [4.69, 9.17) is 19.7 Å². The molecule has 22 heavy (non-hydrogen) atoms. The number of carbonyl (C=O) groups is 1. The van der Waals surface area contributed by atoms with Crippen molar-refractivity contribution in [2.45, 2.75) is 37.6 Å². The minimum Gasteiger partial charge on any atom is -0.453 e. The number of hydrogen-bond acceptors (Lipinski definition) is 7. The lowest BCUT2D eigenvalue weighted by Crippen LogP contribution is -2.58. The first kappa shape index (κ1) is 16.3. The molecule has 1 aromatic rings. The Labute approximate surface area is 127 Å². The van der Waals surface area contributed by atoms with E-state index in [-0.39, 0.29) is 0 Å². The van der Waals surface area contributed by atoms with Gasteiger partial charge in [-0.1, -0.05) is 18.2 Å². The lowest BCUT2D eigenvalue weighted by atomic mass is 9.97. The molecular formula is C14H18N3O5+. The van der Waals surface area contributed by atoms with Gasteiger partial charge in [-0.2, -0.15) is 0 Å². The first-order valence-corrected chi connectivity index (χ1v) is 6.77. The van der Waals surface area contributed by atoms with Crippen molar-refractivity contribution >= 4 is 5.97 Å². The monoisotopic (exact) mass is 308 g/mol. The summed E-state index contributed by atoms with van der Waals surface area (Å²) in [5.41, 5.74) is 7.27. The number of rotatable bonds is 4. The molecule has 2 N–H and O–H groups in total. The number of nitrogens with zero attached hydrogens (tertiary/aromatic N) is 2. The fourth-order valence-electron chi connectivity index (χ4n) is 2.38. The third-order valence-corrected chi connectivity index (χ3v) is 3.49. The molecule has 0 aliphatic carbocycles. The molecule has 0 saturated carbocycles. The first-order chi connectivity index (χ1) is 10.6. The highest BCUT2D eigenvalue weighted by molar-refractivity contribution is 5.89. The van der Waals surface area contributed by atoms with E-state index in [1.807, 2.05) is 0 Å². The van der Waals surface area contributed by atoms with Crippen molar-refractivity contribution in [3.63, 3.8) is 0 Å². The third-order valence-electron chi connectivity index (χ3n) is 3.49. The molecule has 0 aromatic heterocycles. The molecule has 2 rings (SSSR count). The van der Waals surface area contributed by atoms with Gasteiger partial charge in [0.2, 0.25) is 4.91 Å². The molecule has 1 aliphatic rings. The maximum atomic E-state index is 12.2. The van der Waals surface area contributed by atoms with Crippen molar-refractivity contribution in [1.82, 2.24) is 4.91 Å². The number of benzene rings is 1. The lowest BCUT2D eigenvalue weighted by molar-refractivity contribution is -0.256. The summed E-state index contributed by atoms with van der Waals surface area (Å²) in [6.07, 6.45) is -3.67. The number of hydrogen-bond donors (Lipinski definition) is 2. The van der Waals surface area contributed by atoms with Gasteiger partial charge in [0, 0.05) is 7.11 Å². The predicted molar refractivity (Wildman–Crippen MR) is 74.1 cm³/mol. The minimum atomic E-state index is -1.26. The van der Waals surface area contributed by atoms with E-state index >= 15 is 0 Å². The Morgan fingerprint density at radius 1 is 1.36 bits per heavy atom. The molecule has 118 valence electrons. The molecule has 1 fully saturated rings. The zero-order chi connectivity index (χ0) is 16.1. The second-order valence-electron chi connectivity index (χ2n) is 4.87. The van der Waals surface area contributed by atoms with Crippen molar-refractivity contribution in [2.75, 3.05) is 7.11 Å². The van der Waals surface area contributed by atoms with Gasteiger partial charge in [0.25, 0.3) is 0 Å². The van der Waals surface area contributed by atoms with Crippen LogP contribution in [0.2, 0.25) is 0 Å². The predicted octanol–water partition coefficient (Wildman–Crippen LogP) is 0.883. The maximum absolute atomic E-state index is 12.2. The Hall–Kier alpha value is -2.12. The van der Waals surface area contributed by atoms with Crippen LogP contribution in [0.1, 0.15) is 17.3 Å². The number of aliphatic hydroxyl groups is 1. The number of ether oxygens (including phenoxy) is 3. The Kier molecular flexibility index (Phi) is 5.35. The van der Waals surface area contributed by atoms with Gasteiger partial charge in [-0.25, -0.2) is 4.79 Å². The number of esters is 1. The number of nitrogens with one attached hydrogen (secondary N) is 1. The van der Waals surface area contributed by atoms with Crippen molar-refractivity contribution in [1.29, 1.82) is 5.53 Å². The standard InChI is InChI=1S/C14H18N3O5/c1-8-10(16-17-15)11(12(20-2)14(19)21-8)22-13(18)9-6-4-3-5-7-9/h3-8,10-12,14-15,19H,1-2H3/q+1/t8-,10-,11+,12-,14+/m1/s1. The van der Waals surface area contributed by atoms with E-state index < -0.39 is 36.6 Å². The van der Waals surface area contributed by atoms with Crippen LogP contribution in [0, 0.1) is 5.53 Å². The van der Waals surface area contributed by atoms with Crippen LogP contribution < -0.4 is 4.91 Å². The largest absolute Gasteiger partial charge is 0.453 e. The summed E-state index contributed by atoms with van der Waals surface area (Å²) in [4.78, 5) is 15.2. The van der Waals surface area contributed by atoms with E-state index in [1.165, 1.54) is 7.11 Å². The topological polar surface area (TPSA) is 115 Å². The van der Waals surface area contributed by atoms with Crippen LogP contribution in [-0.2, 0) is 14.2 Å². The average molecular weight is 308 g/mol. The molecule has 1 heterocycles. The van der Waals surface area contributed by atoms with E-state index in [0.29, 0.717) is 5.56 Å². The SMILES string of the molecule is CO[C@@H]1[C@@H](OC(=O)c2ccccc2)[C@H](N=[N+]=N)[C@@H](C)O[C@@H]1O. The summed E-state index contributed by atoms with van der Waals surface area (Å²) in [7, 11) is 1.37. The summed E-state index contributed by atoms with van der Waals surface area (Å²) in [6, 6.07) is 7.71. The summed E-state index contributed by atoms with van der Waals surface area (Å²) in [5.74, 6) is -0.570. The van der Waals surface area contributed by atoms with Gasteiger partial charge in [0.1, 0.15) is 16.7 Å². The van der Waals surface area contributed by atoms with E-state index in [9.17, 15) is 9.90 Å². The molecular weight excluding hydrogens is 290 g/mol. The van der Waals surface area contributed by atoms with Gasteiger partial charge >= 0.3 is 5.97 Å². The van der Waals surface area contributed by atoms with Gasteiger partial charge in [-0.05, 0) is 19.1 Å². The first-order valence-electron chi connectivity index (χ1n) is 6.77. The van der Waals surface area contributed by atoms with Crippen LogP contribution in [0.25, 0.3) is 0 Å². The third kappa shape index (κ3) is 3.37. The highest BCUT2D eigenvalue weighted by atomic mass is 16.7. The Morgan fingerprint density at radius 2 is 2.05 bits per heavy atom. The van der Waals surface area contributed by atoms with Gasteiger partial charge in [-0.15, -0.1) is 0 Å². The molecule has 5 atom stereocenters. The van der Waals surface area contributed by atoms with Gasteiger partial charge in [0.05, 0.1) is 11.7 Å². The van der Waals surface area contributed by atoms with E-state index in [2.05, 4.69) is 10.0 Å². The summed E-state index contributed by atoms with van der Waals surface area (Å²) >= 11 is 0. The summed E-state index contributed by atoms with van der Waals surface area (Å²) in [6.45, 7) is 1.65. The zero-order valence-electron chi connectivity index (χ0n) is 12.2. The highest BCUT2D eigenvalue weighted by Gasteiger charge is 2.49. The van der Waals surface area contributed by atoms with Crippen LogP contribution in [-0.4, -0.2) is 48.8 Å². The van der Waals surface area contributed by atoms with Crippen molar-refractivity contribution < 1.29 is 24.1 Å². The number of methoxy groups -OCH3 is 1. The molecule has 8 nitrogen and oxygen atoms in total. The molecule has 0 amide bonds. The fourth-order valence-corrected chi connectivity index (χ4v) is 2.38. The van der Waals surface area contributed by atoms with Crippen molar-refractivity contribution in [3.05, 3.63) is 35.9 Å². The second-order valence-corrected chi connectivity index (χ2v) is 4.87. The quantitative estimate of drug-likeness (QED) is 0.487. The Balaban J connectivity index is 2.25. The van der Waals surface area contributed by atoms with Crippen molar-refractivity contribution in [3.8, 4) is 0 Å². The molecule has 1 aliphatic heterocycles.